The Kier molecular flexibility index (Phi) is 3.91. The summed E-state index contributed by atoms with van der Waals surface area (Å²) in [6.45, 7) is 1.92. The lowest BCUT2D eigenvalue weighted by molar-refractivity contribution is 0.600. The van der Waals surface area contributed by atoms with E-state index in [0.717, 1.165) is 0 Å². The van der Waals surface area contributed by atoms with E-state index in [1.165, 1.54) is 12.3 Å². The summed E-state index contributed by atoms with van der Waals surface area (Å²) in [6, 6.07) is 3.07. The van der Waals surface area contributed by atoms with Crippen LogP contribution in [-0.4, -0.2) is 23.2 Å². The zero-order chi connectivity index (χ0) is 14.0. The monoisotopic (exact) mass is 344 g/mol. The summed E-state index contributed by atoms with van der Waals surface area (Å²) < 4.78 is 29.1. The number of aromatic nitrogens is 3. The standard InChI is InChI=1S/C11H13BrN4O2S/c1-3-9-10(7-16(2)14-9)15-19(17,18)8-4-5-11(12)13-6-8/h4-7,15H,3H2,1-2H3. The second kappa shape index (κ2) is 5.30. The number of rotatable bonds is 4. The SMILES string of the molecule is CCc1nn(C)cc1NS(=O)(=O)c1ccc(Br)nc1. The van der Waals surface area contributed by atoms with Gasteiger partial charge in [0.2, 0.25) is 0 Å². The molecule has 0 amide bonds. The molecule has 0 aromatic carbocycles. The number of nitrogens with one attached hydrogen (secondary N) is 1. The minimum atomic E-state index is -3.64. The first-order valence-electron chi connectivity index (χ1n) is 5.59. The highest BCUT2D eigenvalue weighted by atomic mass is 79.9. The van der Waals surface area contributed by atoms with Crippen LogP contribution in [0.2, 0.25) is 0 Å². The molecule has 0 fully saturated rings. The first kappa shape index (κ1) is 14.0. The van der Waals surface area contributed by atoms with E-state index in [1.54, 1.807) is 24.0 Å². The van der Waals surface area contributed by atoms with Crippen molar-refractivity contribution in [3.8, 4) is 0 Å². The summed E-state index contributed by atoms with van der Waals surface area (Å²) >= 11 is 3.17. The van der Waals surface area contributed by atoms with Gasteiger partial charge in [-0.1, -0.05) is 6.92 Å². The summed E-state index contributed by atoms with van der Waals surface area (Å²) in [6.07, 6.45) is 3.59. The van der Waals surface area contributed by atoms with Crippen LogP contribution in [0, 0.1) is 0 Å². The average Bonchev–Trinajstić information content (AvgIpc) is 2.69. The molecule has 2 aromatic rings. The van der Waals surface area contributed by atoms with E-state index >= 15 is 0 Å². The van der Waals surface area contributed by atoms with Gasteiger partial charge in [0, 0.05) is 19.4 Å². The molecule has 0 spiro atoms. The topological polar surface area (TPSA) is 76.9 Å². The summed E-state index contributed by atoms with van der Waals surface area (Å²) in [4.78, 5) is 4.02. The third-order valence-electron chi connectivity index (χ3n) is 2.50. The Morgan fingerprint density at radius 2 is 2.16 bits per heavy atom. The van der Waals surface area contributed by atoms with Crippen molar-refractivity contribution < 1.29 is 8.42 Å². The van der Waals surface area contributed by atoms with E-state index in [9.17, 15) is 8.42 Å². The van der Waals surface area contributed by atoms with Gasteiger partial charge in [-0.2, -0.15) is 5.10 Å². The molecule has 0 aliphatic heterocycles. The number of hydrogen-bond acceptors (Lipinski definition) is 4. The van der Waals surface area contributed by atoms with Crippen LogP contribution in [0.4, 0.5) is 5.69 Å². The van der Waals surface area contributed by atoms with E-state index in [2.05, 4.69) is 30.7 Å². The third-order valence-corrected chi connectivity index (χ3v) is 4.31. The normalized spacial score (nSPS) is 11.5. The van der Waals surface area contributed by atoms with Gasteiger partial charge in [-0.15, -0.1) is 0 Å². The van der Waals surface area contributed by atoms with Crippen molar-refractivity contribution in [2.24, 2.45) is 7.05 Å². The molecule has 0 radical (unpaired) electrons. The number of anilines is 1. The molecule has 6 nitrogen and oxygen atoms in total. The average molecular weight is 345 g/mol. The molecule has 0 bridgehead atoms. The predicted octanol–water partition coefficient (Wildman–Crippen LogP) is 1.94. The highest BCUT2D eigenvalue weighted by Gasteiger charge is 2.17. The summed E-state index contributed by atoms with van der Waals surface area (Å²) in [7, 11) is -1.89. The van der Waals surface area contributed by atoms with Gasteiger partial charge < -0.3 is 0 Å². The van der Waals surface area contributed by atoms with Gasteiger partial charge in [0.1, 0.15) is 9.50 Å². The minimum absolute atomic E-state index is 0.113. The summed E-state index contributed by atoms with van der Waals surface area (Å²) in [5, 5.41) is 4.19. The fourth-order valence-corrected chi connectivity index (χ4v) is 2.86. The van der Waals surface area contributed by atoms with Crippen molar-refractivity contribution in [3.63, 3.8) is 0 Å². The number of hydrogen-bond donors (Lipinski definition) is 1. The van der Waals surface area contributed by atoms with Gasteiger partial charge in [0.15, 0.2) is 0 Å². The Bertz CT molecular complexity index is 679. The second-order valence-corrected chi connectivity index (χ2v) is 6.43. The molecule has 8 heteroatoms. The molecular formula is C11H13BrN4O2S. The number of aryl methyl sites for hydroxylation is 2. The van der Waals surface area contributed by atoms with Crippen molar-refractivity contribution in [2.75, 3.05) is 4.72 Å². The molecule has 2 aromatic heterocycles. The van der Waals surface area contributed by atoms with Gasteiger partial charge in [-0.3, -0.25) is 9.40 Å². The Balaban J connectivity index is 2.33. The fourth-order valence-electron chi connectivity index (χ4n) is 1.61. The molecule has 0 unspecified atom stereocenters. The van der Waals surface area contributed by atoms with Gasteiger partial charge in [0.05, 0.1) is 11.4 Å². The van der Waals surface area contributed by atoms with Crippen LogP contribution in [-0.2, 0) is 23.5 Å². The Morgan fingerprint density at radius 1 is 1.42 bits per heavy atom. The highest BCUT2D eigenvalue weighted by Crippen LogP contribution is 2.19. The zero-order valence-corrected chi connectivity index (χ0v) is 12.9. The van der Waals surface area contributed by atoms with E-state index in [1.807, 2.05) is 6.92 Å². The second-order valence-electron chi connectivity index (χ2n) is 3.94. The fraction of sp³-hybridized carbons (Fsp3) is 0.273. The van der Waals surface area contributed by atoms with Crippen LogP contribution in [0.5, 0.6) is 0 Å². The van der Waals surface area contributed by atoms with Crippen LogP contribution >= 0.6 is 15.9 Å². The zero-order valence-electron chi connectivity index (χ0n) is 10.5. The maximum Gasteiger partial charge on any atom is 0.263 e. The molecule has 102 valence electrons. The third kappa shape index (κ3) is 3.13. The molecule has 0 saturated heterocycles. The van der Waals surface area contributed by atoms with E-state index in [4.69, 9.17) is 0 Å². The number of halogens is 1. The van der Waals surface area contributed by atoms with Gasteiger partial charge in [-0.25, -0.2) is 13.4 Å². The molecule has 0 aliphatic rings. The quantitative estimate of drug-likeness (QED) is 0.860. The maximum absolute atomic E-state index is 12.2. The van der Waals surface area contributed by atoms with Crippen molar-refractivity contribution >= 4 is 31.6 Å². The Labute approximate surface area is 120 Å². The van der Waals surface area contributed by atoms with Crippen molar-refractivity contribution in [3.05, 3.63) is 34.8 Å². The first-order chi connectivity index (χ1) is 8.92. The Hall–Kier alpha value is -1.41. The van der Waals surface area contributed by atoms with E-state index in [0.29, 0.717) is 22.4 Å². The number of sulfonamides is 1. The lowest BCUT2D eigenvalue weighted by Gasteiger charge is -2.06. The van der Waals surface area contributed by atoms with Gasteiger partial charge in [-0.05, 0) is 34.5 Å². The summed E-state index contributed by atoms with van der Waals surface area (Å²) in [5.41, 5.74) is 1.20. The lowest BCUT2D eigenvalue weighted by Crippen LogP contribution is -2.13. The smallest absolute Gasteiger partial charge is 0.263 e. The van der Waals surface area contributed by atoms with E-state index < -0.39 is 10.0 Å². The lowest BCUT2D eigenvalue weighted by atomic mass is 10.3. The van der Waals surface area contributed by atoms with Gasteiger partial charge in [0.25, 0.3) is 10.0 Å². The minimum Gasteiger partial charge on any atom is -0.276 e. The van der Waals surface area contributed by atoms with Crippen LogP contribution < -0.4 is 4.72 Å². The molecule has 0 saturated carbocycles. The van der Waals surface area contributed by atoms with Crippen molar-refractivity contribution in [1.29, 1.82) is 0 Å². The number of pyridine rings is 1. The first-order valence-corrected chi connectivity index (χ1v) is 7.87. The molecule has 1 N–H and O–H groups in total. The summed E-state index contributed by atoms with van der Waals surface area (Å²) in [5.74, 6) is 0. The Morgan fingerprint density at radius 3 is 2.74 bits per heavy atom. The van der Waals surface area contributed by atoms with Crippen LogP contribution in [0.3, 0.4) is 0 Å². The van der Waals surface area contributed by atoms with Crippen molar-refractivity contribution in [1.82, 2.24) is 14.8 Å². The largest absolute Gasteiger partial charge is 0.276 e. The van der Waals surface area contributed by atoms with E-state index in [-0.39, 0.29) is 4.90 Å². The van der Waals surface area contributed by atoms with Crippen molar-refractivity contribution in [2.45, 2.75) is 18.2 Å². The molecule has 19 heavy (non-hydrogen) atoms. The van der Waals surface area contributed by atoms with Crippen LogP contribution in [0.25, 0.3) is 0 Å². The molecule has 2 heterocycles. The highest BCUT2D eigenvalue weighted by molar-refractivity contribution is 9.10. The molecule has 0 atom stereocenters. The molecular weight excluding hydrogens is 332 g/mol. The van der Waals surface area contributed by atoms with Gasteiger partial charge >= 0.3 is 0 Å². The predicted molar refractivity (Wildman–Crippen MR) is 75.3 cm³/mol. The molecule has 2 rings (SSSR count). The van der Waals surface area contributed by atoms with Crippen LogP contribution in [0.15, 0.2) is 34.0 Å². The van der Waals surface area contributed by atoms with Crippen LogP contribution in [0.1, 0.15) is 12.6 Å². The maximum atomic E-state index is 12.2. The molecule has 0 aliphatic carbocycles. The number of nitrogens with zero attached hydrogens (tertiary/aromatic N) is 3.